The Hall–Kier alpha value is -2.28. The monoisotopic (exact) mass is 203 g/mol. The molecule has 4 heteroatoms. The molecule has 1 amide bonds. The Balaban J connectivity index is 2.75. The molecule has 0 aliphatic rings. The van der Waals surface area contributed by atoms with Crippen molar-refractivity contribution < 1.29 is 14.7 Å². The van der Waals surface area contributed by atoms with E-state index in [0.717, 1.165) is 0 Å². The molecule has 0 spiro atoms. The molecular formula is C11H9NO3. The zero-order valence-corrected chi connectivity index (χ0v) is 7.86. The lowest BCUT2D eigenvalue weighted by Gasteiger charge is -1.94. The van der Waals surface area contributed by atoms with Gasteiger partial charge in [-0.25, -0.2) is 0 Å². The number of carbonyl (C=O) groups excluding carboxylic acids is 1. The van der Waals surface area contributed by atoms with Gasteiger partial charge in [0.05, 0.1) is 0 Å². The molecule has 0 unspecified atom stereocenters. The summed E-state index contributed by atoms with van der Waals surface area (Å²) in [5.74, 6) is 3.68. The molecule has 15 heavy (non-hydrogen) atoms. The van der Waals surface area contributed by atoms with Crippen LogP contribution >= 0.6 is 0 Å². The van der Waals surface area contributed by atoms with Crippen molar-refractivity contribution >= 4 is 11.9 Å². The van der Waals surface area contributed by atoms with Gasteiger partial charge in [-0.05, 0) is 24.3 Å². The predicted octanol–water partition coefficient (Wildman–Crippen LogP) is 0.612. The molecule has 0 saturated heterocycles. The van der Waals surface area contributed by atoms with E-state index in [1.807, 2.05) is 0 Å². The summed E-state index contributed by atoms with van der Waals surface area (Å²) < 4.78 is 0. The topological polar surface area (TPSA) is 80.4 Å². The molecule has 0 aliphatic carbocycles. The van der Waals surface area contributed by atoms with Gasteiger partial charge in [-0.2, -0.15) is 0 Å². The first-order valence-corrected chi connectivity index (χ1v) is 4.20. The number of primary amides is 1. The summed E-state index contributed by atoms with van der Waals surface area (Å²) in [6.45, 7) is 0. The molecule has 4 nitrogen and oxygen atoms in total. The van der Waals surface area contributed by atoms with Crippen molar-refractivity contribution in [3.8, 4) is 11.8 Å². The van der Waals surface area contributed by atoms with Crippen LogP contribution in [0.25, 0.3) is 0 Å². The first kappa shape index (κ1) is 10.8. The van der Waals surface area contributed by atoms with E-state index in [-0.39, 0.29) is 6.42 Å². The number of amides is 1. The van der Waals surface area contributed by atoms with Gasteiger partial charge in [-0.3, -0.25) is 9.59 Å². The van der Waals surface area contributed by atoms with Crippen molar-refractivity contribution in [3.63, 3.8) is 0 Å². The van der Waals surface area contributed by atoms with Crippen LogP contribution in [0.2, 0.25) is 0 Å². The Morgan fingerprint density at radius 2 is 1.87 bits per heavy atom. The number of benzene rings is 1. The Morgan fingerprint density at radius 3 is 2.33 bits per heavy atom. The zero-order chi connectivity index (χ0) is 11.3. The maximum absolute atomic E-state index is 10.7. The molecule has 1 aromatic carbocycles. The molecule has 0 saturated carbocycles. The van der Waals surface area contributed by atoms with Crippen molar-refractivity contribution in [1.82, 2.24) is 0 Å². The molecule has 76 valence electrons. The maximum atomic E-state index is 10.7. The Labute approximate surface area is 86.7 Å². The molecule has 1 aromatic rings. The first-order valence-electron chi connectivity index (χ1n) is 4.20. The van der Waals surface area contributed by atoms with Crippen LogP contribution in [0.5, 0.6) is 0 Å². The van der Waals surface area contributed by atoms with Gasteiger partial charge in [0.15, 0.2) is 0 Å². The summed E-state index contributed by atoms with van der Waals surface area (Å²) in [5.41, 5.74) is 6.11. The molecule has 1 rings (SSSR count). The quantitative estimate of drug-likeness (QED) is 0.691. The SMILES string of the molecule is NC(=O)c1ccc(C#CCC(=O)O)cc1. The van der Waals surface area contributed by atoms with Crippen molar-refractivity contribution in [2.75, 3.05) is 0 Å². The summed E-state index contributed by atoms with van der Waals surface area (Å²) in [6, 6.07) is 6.34. The lowest BCUT2D eigenvalue weighted by atomic mass is 10.1. The van der Waals surface area contributed by atoms with Gasteiger partial charge in [0.1, 0.15) is 6.42 Å². The van der Waals surface area contributed by atoms with Crippen LogP contribution < -0.4 is 5.73 Å². The molecule has 0 atom stereocenters. The van der Waals surface area contributed by atoms with E-state index in [1.54, 1.807) is 24.3 Å². The number of hydrogen-bond donors (Lipinski definition) is 2. The van der Waals surface area contributed by atoms with E-state index in [9.17, 15) is 9.59 Å². The number of carboxylic acids is 1. The maximum Gasteiger partial charge on any atom is 0.315 e. The highest BCUT2D eigenvalue weighted by Gasteiger charge is 1.97. The third kappa shape index (κ3) is 3.53. The minimum Gasteiger partial charge on any atom is -0.481 e. The van der Waals surface area contributed by atoms with Crippen LogP contribution in [-0.2, 0) is 4.79 Å². The Morgan fingerprint density at radius 1 is 1.27 bits per heavy atom. The molecule has 0 heterocycles. The highest BCUT2D eigenvalue weighted by molar-refractivity contribution is 5.92. The van der Waals surface area contributed by atoms with Crippen LogP contribution in [0.3, 0.4) is 0 Å². The summed E-state index contributed by atoms with van der Waals surface area (Å²) in [7, 11) is 0. The molecule has 0 bridgehead atoms. The van der Waals surface area contributed by atoms with E-state index in [1.165, 1.54) is 0 Å². The third-order valence-electron chi connectivity index (χ3n) is 1.64. The van der Waals surface area contributed by atoms with E-state index in [4.69, 9.17) is 10.8 Å². The van der Waals surface area contributed by atoms with Crippen LogP contribution in [0.1, 0.15) is 22.3 Å². The first-order chi connectivity index (χ1) is 7.09. The molecule has 0 radical (unpaired) electrons. The minimum atomic E-state index is -0.962. The van der Waals surface area contributed by atoms with Crippen LogP contribution in [0, 0.1) is 11.8 Å². The van der Waals surface area contributed by atoms with Crippen molar-refractivity contribution in [1.29, 1.82) is 0 Å². The van der Waals surface area contributed by atoms with Gasteiger partial charge in [0, 0.05) is 11.1 Å². The Bertz CT molecular complexity index is 437. The van der Waals surface area contributed by atoms with E-state index >= 15 is 0 Å². The summed E-state index contributed by atoms with van der Waals surface area (Å²) in [5, 5.41) is 8.34. The fourth-order valence-electron chi connectivity index (χ4n) is 0.940. The van der Waals surface area contributed by atoms with Gasteiger partial charge in [0.2, 0.25) is 5.91 Å². The fraction of sp³-hybridized carbons (Fsp3) is 0.0909. The molecule has 0 aliphatic heterocycles. The summed E-state index contributed by atoms with van der Waals surface area (Å²) in [6.07, 6.45) is -0.197. The van der Waals surface area contributed by atoms with E-state index in [0.29, 0.717) is 11.1 Å². The lowest BCUT2D eigenvalue weighted by molar-refractivity contribution is -0.135. The molecule has 0 fully saturated rings. The minimum absolute atomic E-state index is 0.197. The molecule has 0 aromatic heterocycles. The summed E-state index contributed by atoms with van der Waals surface area (Å²) >= 11 is 0. The van der Waals surface area contributed by atoms with Crippen molar-refractivity contribution in [2.24, 2.45) is 5.73 Å². The van der Waals surface area contributed by atoms with Crippen molar-refractivity contribution in [2.45, 2.75) is 6.42 Å². The predicted molar refractivity (Wildman–Crippen MR) is 54.1 cm³/mol. The average molecular weight is 203 g/mol. The second kappa shape index (κ2) is 4.82. The number of carbonyl (C=O) groups is 2. The van der Waals surface area contributed by atoms with Gasteiger partial charge in [0.25, 0.3) is 0 Å². The summed E-state index contributed by atoms with van der Waals surface area (Å²) in [4.78, 5) is 20.9. The highest BCUT2D eigenvalue weighted by Crippen LogP contribution is 2.02. The molecule has 3 N–H and O–H groups in total. The van der Waals surface area contributed by atoms with Gasteiger partial charge < -0.3 is 10.8 Å². The standard InChI is InChI=1S/C11H9NO3/c12-11(15)9-6-4-8(5-7-9)2-1-3-10(13)14/h4-7H,3H2,(H2,12,15)(H,13,14). The number of hydrogen-bond acceptors (Lipinski definition) is 2. The van der Waals surface area contributed by atoms with Crippen molar-refractivity contribution in [3.05, 3.63) is 35.4 Å². The second-order valence-corrected chi connectivity index (χ2v) is 2.81. The van der Waals surface area contributed by atoms with Crippen LogP contribution in [0.15, 0.2) is 24.3 Å². The Kier molecular flexibility index (Phi) is 3.47. The molecular weight excluding hydrogens is 194 g/mol. The van der Waals surface area contributed by atoms with Crippen LogP contribution in [-0.4, -0.2) is 17.0 Å². The average Bonchev–Trinajstić information content (AvgIpc) is 2.18. The van der Waals surface area contributed by atoms with Gasteiger partial charge in [-0.15, -0.1) is 0 Å². The highest BCUT2D eigenvalue weighted by atomic mass is 16.4. The second-order valence-electron chi connectivity index (χ2n) is 2.81. The zero-order valence-electron chi connectivity index (χ0n) is 7.86. The lowest BCUT2D eigenvalue weighted by Crippen LogP contribution is -2.10. The normalized spacial score (nSPS) is 8.80. The number of nitrogens with two attached hydrogens (primary N) is 1. The fourth-order valence-corrected chi connectivity index (χ4v) is 0.940. The van der Waals surface area contributed by atoms with E-state index in [2.05, 4.69) is 11.8 Å². The number of aliphatic carboxylic acids is 1. The third-order valence-corrected chi connectivity index (χ3v) is 1.64. The largest absolute Gasteiger partial charge is 0.481 e. The number of carboxylic acid groups (broad SMARTS) is 1. The van der Waals surface area contributed by atoms with Crippen LogP contribution in [0.4, 0.5) is 0 Å². The number of rotatable bonds is 2. The van der Waals surface area contributed by atoms with Gasteiger partial charge >= 0.3 is 5.97 Å². The van der Waals surface area contributed by atoms with E-state index < -0.39 is 11.9 Å². The van der Waals surface area contributed by atoms with Gasteiger partial charge in [-0.1, -0.05) is 11.8 Å². The smallest absolute Gasteiger partial charge is 0.315 e.